The Morgan fingerprint density at radius 1 is 1.17 bits per heavy atom. The third-order valence-corrected chi connectivity index (χ3v) is 5.82. The number of rotatable bonds is 3. The number of likely N-dealkylation sites (N-methyl/N-ethyl adjacent to an activating group) is 1. The van der Waals surface area contributed by atoms with Gasteiger partial charge in [0, 0.05) is 31.7 Å². The molecular formula is C19H24N4S. The zero-order valence-corrected chi connectivity index (χ0v) is 14.9. The van der Waals surface area contributed by atoms with Gasteiger partial charge < -0.3 is 14.8 Å². The molecule has 126 valence electrons. The zero-order valence-electron chi connectivity index (χ0n) is 14.1. The van der Waals surface area contributed by atoms with E-state index in [9.17, 15) is 0 Å². The molecule has 24 heavy (non-hydrogen) atoms. The highest BCUT2D eigenvalue weighted by atomic mass is 32.1. The van der Waals surface area contributed by atoms with Crippen LogP contribution in [0.2, 0.25) is 0 Å². The summed E-state index contributed by atoms with van der Waals surface area (Å²) in [6.45, 7) is 0. The zero-order chi connectivity index (χ0) is 16.5. The van der Waals surface area contributed by atoms with Crippen molar-refractivity contribution in [2.24, 2.45) is 0 Å². The molecule has 1 aliphatic heterocycles. The van der Waals surface area contributed by atoms with E-state index in [-0.39, 0.29) is 12.1 Å². The van der Waals surface area contributed by atoms with Crippen LogP contribution in [0.4, 0.5) is 0 Å². The summed E-state index contributed by atoms with van der Waals surface area (Å²) in [6.07, 6.45) is 13.1. The molecule has 1 aliphatic carbocycles. The second kappa shape index (κ2) is 6.55. The van der Waals surface area contributed by atoms with Crippen LogP contribution >= 0.6 is 12.2 Å². The third kappa shape index (κ3) is 2.81. The van der Waals surface area contributed by atoms with Crippen LogP contribution in [0.1, 0.15) is 61.5 Å². The lowest BCUT2D eigenvalue weighted by Gasteiger charge is -2.25. The molecule has 2 aromatic heterocycles. The Morgan fingerprint density at radius 2 is 2.00 bits per heavy atom. The summed E-state index contributed by atoms with van der Waals surface area (Å²) in [5.74, 6) is 0. The van der Waals surface area contributed by atoms with Gasteiger partial charge in [-0.3, -0.25) is 4.98 Å². The molecule has 5 heteroatoms. The number of nitrogens with one attached hydrogen (secondary N) is 1. The van der Waals surface area contributed by atoms with Gasteiger partial charge in [-0.05, 0) is 48.8 Å². The molecule has 2 aromatic rings. The lowest BCUT2D eigenvalue weighted by atomic mass is 9.95. The molecule has 0 spiro atoms. The monoisotopic (exact) mass is 340 g/mol. The lowest BCUT2D eigenvalue weighted by Crippen LogP contribution is -2.24. The molecule has 1 saturated carbocycles. The molecule has 4 nitrogen and oxygen atoms in total. The van der Waals surface area contributed by atoms with Crippen molar-refractivity contribution in [1.29, 1.82) is 0 Å². The summed E-state index contributed by atoms with van der Waals surface area (Å²) in [6, 6.07) is 9.27. The van der Waals surface area contributed by atoms with E-state index < -0.39 is 0 Å². The molecule has 0 unspecified atom stereocenters. The predicted octanol–water partition coefficient (Wildman–Crippen LogP) is 3.99. The Bertz CT molecular complexity index is 705. The van der Waals surface area contributed by atoms with Crippen molar-refractivity contribution in [1.82, 2.24) is 19.8 Å². The molecule has 1 saturated heterocycles. The molecule has 1 N–H and O–H groups in total. The first kappa shape index (κ1) is 15.6. The first-order valence-corrected chi connectivity index (χ1v) is 9.26. The van der Waals surface area contributed by atoms with E-state index in [1.54, 1.807) is 0 Å². The molecule has 0 bridgehead atoms. The van der Waals surface area contributed by atoms with E-state index in [1.807, 2.05) is 18.3 Å². The highest BCUT2D eigenvalue weighted by molar-refractivity contribution is 7.80. The molecule has 4 rings (SSSR count). The van der Waals surface area contributed by atoms with E-state index >= 15 is 0 Å². The molecule has 0 aromatic carbocycles. The van der Waals surface area contributed by atoms with E-state index in [0.717, 1.165) is 10.8 Å². The van der Waals surface area contributed by atoms with Crippen LogP contribution in [0.25, 0.3) is 0 Å². The third-order valence-electron chi connectivity index (χ3n) is 5.41. The fourth-order valence-electron chi connectivity index (χ4n) is 4.09. The number of nitrogens with zero attached hydrogens (tertiary/aromatic N) is 3. The normalized spacial score (nSPS) is 25.0. The SMILES string of the molecule is CN1C(=S)N[C@@H](c2ccccn2)[C@H]1c1ccn(C2CCCCC2)c1. The van der Waals surface area contributed by atoms with Gasteiger partial charge in [0.05, 0.1) is 17.8 Å². The van der Waals surface area contributed by atoms with E-state index in [1.165, 1.54) is 37.7 Å². The van der Waals surface area contributed by atoms with Gasteiger partial charge in [-0.15, -0.1) is 0 Å². The predicted molar refractivity (Wildman–Crippen MR) is 99.8 cm³/mol. The number of thiocarbonyl (C=S) groups is 1. The molecule has 0 radical (unpaired) electrons. The topological polar surface area (TPSA) is 33.1 Å². The van der Waals surface area contributed by atoms with Crippen LogP contribution in [0.5, 0.6) is 0 Å². The van der Waals surface area contributed by atoms with Gasteiger partial charge in [0.15, 0.2) is 5.11 Å². The summed E-state index contributed by atoms with van der Waals surface area (Å²) >= 11 is 5.51. The van der Waals surface area contributed by atoms with Crippen LogP contribution in [-0.4, -0.2) is 26.6 Å². The highest BCUT2D eigenvalue weighted by Crippen LogP contribution is 2.38. The number of hydrogen-bond acceptors (Lipinski definition) is 2. The van der Waals surface area contributed by atoms with Gasteiger partial charge in [0.2, 0.25) is 0 Å². The van der Waals surface area contributed by atoms with Crippen LogP contribution in [0.3, 0.4) is 0 Å². The van der Waals surface area contributed by atoms with Gasteiger partial charge in [-0.1, -0.05) is 25.3 Å². The summed E-state index contributed by atoms with van der Waals surface area (Å²) < 4.78 is 2.42. The van der Waals surface area contributed by atoms with Gasteiger partial charge in [-0.25, -0.2) is 0 Å². The Labute approximate surface area is 148 Å². The Kier molecular flexibility index (Phi) is 4.27. The second-order valence-corrected chi connectivity index (χ2v) is 7.31. The van der Waals surface area contributed by atoms with Crippen LogP contribution in [-0.2, 0) is 0 Å². The van der Waals surface area contributed by atoms with Crippen molar-refractivity contribution in [2.45, 2.75) is 50.2 Å². The van der Waals surface area contributed by atoms with E-state index in [0.29, 0.717) is 6.04 Å². The molecule has 2 atom stereocenters. The van der Waals surface area contributed by atoms with Crippen molar-refractivity contribution in [3.05, 3.63) is 54.1 Å². The van der Waals surface area contributed by atoms with Crippen LogP contribution in [0, 0.1) is 0 Å². The average Bonchev–Trinajstić information content (AvgIpc) is 3.22. The van der Waals surface area contributed by atoms with Gasteiger partial charge in [0.1, 0.15) is 0 Å². The van der Waals surface area contributed by atoms with Crippen molar-refractivity contribution >= 4 is 17.3 Å². The number of pyridine rings is 1. The fraction of sp³-hybridized carbons (Fsp3) is 0.474. The molecule has 0 amide bonds. The lowest BCUT2D eigenvalue weighted by molar-refractivity contribution is 0.347. The first-order valence-electron chi connectivity index (χ1n) is 8.85. The minimum Gasteiger partial charge on any atom is -0.352 e. The van der Waals surface area contributed by atoms with Gasteiger partial charge in [-0.2, -0.15) is 0 Å². The van der Waals surface area contributed by atoms with E-state index in [4.69, 9.17) is 12.2 Å². The maximum atomic E-state index is 5.51. The minimum absolute atomic E-state index is 0.103. The van der Waals surface area contributed by atoms with Crippen molar-refractivity contribution < 1.29 is 0 Å². The van der Waals surface area contributed by atoms with Crippen LogP contribution in [0.15, 0.2) is 42.9 Å². The molecule has 2 fully saturated rings. The standard InChI is InChI=1S/C19H24N4S/c1-22-18(17(21-19(22)24)16-9-5-6-11-20-16)14-10-12-23(13-14)15-7-3-2-4-8-15/h5-6,9-13,15,17-18H,2-4,7-8H2,1H3,(H,21,24)/t17-,18+/m0/s1. The second-order valence-electron chi connectivity index (χ2n) is 6.92. The Hall–Kier alpha value is -1.88. The minimum atomic E-state index is 0.103. The van der Waals surface area contributed by atoms with Crippen molar-refractivity contribution in [3.8, 4) is 0 Å². The largest absolute Gasteiger partial charge is 0.352 e. The van der Waals surface area contributed by atoms with Crippen molar-refractivity contribution in [2.75, 3.05) is 7.05 Å². The maximum absolute atomic E-state index is 5.51. The van der Waals surface area contributed by atoms with Gasteiger partial charge >= 0.3 is 0 Å². The summed E-state index contributed by atoms with van der Waals surface area (Å²) in [4.78, 5) is 6.71. The van der Waals surface area contributed by atoms with Gasteiger partial charge in [0.25, 0.3) is 0 Å². The van der Waals surface area contributed by atoms with E-state index in [2.05, 4.69) is 51.3 Å². The molecular weight excluding hydrogens is 316 g/mol. The average molecular weight is 340 g/mol. The Balaban J connectivity index is 1.63. The fourth-order valence-corrected chi connectivity index (χ4v) is 4.33. The van der Waals surface area contributed by atoms with Crippen molar-refractivity contribution in [3.63, 3.8) is 0 Å². The number of aromatic nitrogens is 2. The maximum Gasteiger partial charge on any atom is 0.169 e. The number of hydrogen-bond donors (Lipinski definition) is 1. The first-order chi connectivity index (χ1) is 11.7. The van der Waals surface area contributed by atoms with Crippen LogP contribution < -0.4 is 5.32 Å². The molecule has 3 heterocycles. The summed E-state index contributed by atoms with van der Waals surface area (Å²) in [7, 11) is 2.07. The highest BCUT2D eigenvalue weighted by Gasteiger charge is 2.38. The quantitative estimate of drug-likeness (QED) is 0.857. The summed E-state index contributed by atoms with van der Waals surface area (Å²) in [5, 5.41) is 4.24. The Morgan fingerprint density at radius 3 is 2.75 bits per heavy atom. The molecule has 2 aliphatic rings. The summed E-state index contributed by atoms with van der Waals surface area (Å²) in [5.41, 5.74) is 2.35. The smallest absolute Gasteiger partial charge is 0.169 e.